The van der Waals surface area contributed by atoms with E-state index in [1.54, 1.807) is 13.1 Å². The molecule has 4 nitrogen and oxygen atoms in total. The predicted octanol–water partition coefficient (Wildman–Crippen LogP) is 2.94. The summed E-state index contributed by atoms with van der Waals surface area (Å²) in [5, 5.41) is 6.36. The average molecular weight is 294 g/mol. The average Bonchev–Trinajstić information content (AvgIpc) is 3.07. The van der Waals surface area contributed by atoms with Crippen LogP contribution < -0.4 is 10.6 Å². The number of halogens is 1. The minimum Gasteiger partial charge on any atom is -0.373 e. The highest BCUT2D eigenvalue weighted by atomic mass is 35.5. The number of hydrogen-bond donors (Lipinski definition) is 2. The smallest absolute Gasteiger partial charge is 0.253 e. The first kappa shape index (κ1) is 13.7. The first-order valence-corrected chi connectivity index (χ1v) is 7.66. The van der Waals surface area contributed by atoms with Gasteiger partial charge in [-0.1, -0.05) is 18.0 Å². The molecule has 2 saturated carbocycles. The molecule has 2 bridgehead atoms. The molecular formula is C15H20ClN3O. The lowest BCUT2D eigenvalue weighted by molar-refractivity contribution is 0.0942. The number of rotatable bonds is 4. The van der Waals surface area contributed by atoms with Crippen LogP contribution in [0.1, 0.15) is 36.0 Å². The van der Waals surface area contributed by atoms with Gasteiger partial charge >= 0.3 is 0 Å². The van der Waals surface area contributed by atoms with E-state index in [1.807, 2.05) is 0 Å². The molecule has 2 fully saturated rings. The molecule has 5 heteroatoms. The number of pyridine rings is 1. The van der Waals surface area contributed by atoms with Gasteiger partial charge < -0.3 is 10.6 Å². The summed E-state index contributed by atoms with van der Waals surface area (Å²) in [7, 11) is 1.77. The van der Waals surface area contributed by atoms with Crippen molar-refractivity contribution >= 4 is 23.3 Å². The summed E-state index contributed by atoms with van der Waals surface area (Å²) in [4.78, 5) is 16.3. The van der Waals surface area contributed by atoms with Gasteiger partial charge in [-0.25, -0.2) is 4.98 Å². The number of anilines is 1. The summed E-state index contributed by atoms with van der Waals surface area (Å²) >= 11 is 6.06. The van der Waals surface area contributed by atoms with Crippen LogP contribution in [-0.4, -0.2) is 24.5 Å². The first-order chi connectivity index (χ1) is 9.67. The van der Waals surface area contributed by atoms with Crippen LogP contribution in [0.15, 0.2) is 12.3 Å². The minimum atomic E-state index is -0.100. The summed E-state index contributed by atoms with van der Waals surface area (Å²) in [5.41, 5.74) is 0.495. The van der Waals surface area contributed by atoms with Gasteiger partial charge in [0.15, 0.2) is 0 Å². The van der Waals surface area contributed by atoms with E-state index in [4.69, 9.17) is 11.6 Å². The molecule has 3 unspecified atom stereocenters. The van der Waals surface area contributed by atoms with E-state index in [0.717, 1.165) is 18.4 Å². The van der Waals surface area contributed by atoms with Crippen molar-refractivity contribution in [1.82, 2.24) is 10.3 Å². The maximum Gasteiger partial charge on any atom is 0.253 e. The maximum absolute atomic E-state index is 12.2. The molecule has 1 aromatic rings. The maximum atomic E-state index is 12.2. The molecule has 1 aromatic heterocycles. The number of aromatic nitrogens is 1. The van der Waals surface area contributed by atoms with Gasteiger partial charge in [-0.15, -0.1) is 0 Å². The summed E-state index contributed by atoms with van der Waals surface area (Å²) in [5.74, 6) is 2.93. The number of amides is 1. The van der Waals surface area contributed by atoms with Crippen molar-refractivity contribution in [3.63, 3.8) is 0 Å². The zero-order valence-electron chi connectivity index (χ0n) is 11.7. The van der Waals surface area contributed by atoms with Crippen LogP contribution in [0.25, 0.3) is 0 Å². The Kier molecular flexibility index (Phi) is 3.83. The molecule has 0 spiro atoms. The topological polar surface area (TPSA) is 54.0 Å². The molecule has 1 amide bonds. The van der Waals surface area contributed by atoms with Gasteiger partial charge in [0, 0.05) is 19.8 Å². The highest BCUT2D eigenvalue weighted by molar-refractivity contribution is 6.33. The molecule has 0 aromatic carbocycles. The van der Waals surface area contributed by atoms with E-state index in [-0.39, 0.29) is 5.91 Å². The summed E-state index contributed by atoms with van der Waals surface area (Å²) in [6.07, 6.45) is 6.87. The molecule has 2 aliphatic rings. The zero-order chi connectivity index (χ0) is 14.1. The van der Waals surface area contributed by atoms with Crippen molar-refractivity contribution in [2.75, 3.05) is 18.9 Å². The van der Waals surface area contributed by atoms with Crippen LogP contribution in [0, 0.1) is 17.8 Å². The van der Waals surface area contributed by atoms with E-state index in [9.17, 15) is 4.79 Å². The Morgan fingerprint density at radius 1 is 1.45 bits per heavy atom. The largest absolute Gasteiger partial charge is 0.373 e. The van der Waals surface area contributed by atoms with Gasteiger partial charge in [0.1, 0.15) is 5.82 Å². The Hall–Kier alpha value is -1.29. The second kappa shape index (κ2) is 5.60. The molecule has 0 radical (unpaired) electrons. The third-order valence-corrected chi connectivity index (χ3v) is 5.07. The molecule has 1 heterocycles. The van der Waals surface area contributed by atoms with Crippen molar-refractivity contribution in [3.05, 3.63) is 22.8 Å². The minimum absolute atomic E-state index is 0.100. The van der Waals surface area contributed by atoms with Crippen LogP contribution in [0.2, 0.25) is 5.02 Å². The highest BCUT2D eigenvalue weighted by Crippen LogP contribution is 2.47. The van der Waals surface area contributed by atoms with Gasteiger partial charge in [-0.05, 0) is 43.1 Å². The fraction of sp³-hybridized carbons (Fsp3) is 0.600. The van der Waals surface area contributed by atoms with Crippen molar-refractivity contribution in [1.29, 1.82) is 0 Å². The molecule has 0 saturated heterocycles. The van der Waals surface area contributed by atoms with Gasteiger partial charge in [0.25, 0.3) is 5.91 Å². The van der Waals surface area contributed by atoms with Crippen LogP contribution in [0.5, 0.6) is 0 Å². The molecule has 0 aliphatic heterocycles. The van der Waals surface area contributed by atoms with Crippen LogP contribution >= 0.6 is 11.6 Å². The van der Waals surface area contributed by atoms with Gasteiger partial charge in [0.2, 0.25) is 0 Å². The van der Waals surface area contributed by atoms with Crippen molar-refractivity contribution < 1.29 is 4.79 Å². The molecule has 2 N–H and O–H groups in total. The SMILES string of the molecule is CNc1cc(C(=O)NCC2CC3CCC2C3)c(Cl)cn1. The van der Waals surface area contributed by atoms with Crippen molar-refractivity contribution in [2.24, 2.45) is 17.8 Å². The molecule has 3 atom stereocenters. The highest BCUT2D eigenvalue weighted by Gasteiger charge is 2.39. The number of carbonyl (C=O) groups excluding carboxylic acids is 1. The Morgan fingerprint density at radius 3 is 2.95 bits per heavy atom. The van der Waals surface area contributed by atoms with E-state index in [1.165, 1.54) is 31.9 Å². The van der Waals surface area contributed by atoms with Crippen molar-refractivity contribution in [3.8, 4) is 0 Å². The molecule has 3 rings (SSSR count). The van der Waals surface area contributed by atoms with E-state index in [0.29, 0.717) is 22.3 Å². The Labute approximate surface area is 124 Å². The number of nitrogens with zero attached hydrogens (tertiary/aromatic N) is 1. The number of nitrogens with one attached hydrogen (secondary N) is 2. The fourth-order valence-electron chi connectivity index (χ4n) is 3.69. The van der Waals surface area contributed by atoms with Crippen LogP contribution in [0.4, 0.5) is 5.82 Å². The van der Waals surface area contributed by atoms with Gasteiger partial charge in [0.05, 0.1) is 10.6 Å². The van der Waals surface area contributed by atoms with Crippen molar-refractivity contribution in [2.45, 2.75) is 25.7 Å². The lowest BCUT2D eigenvalue weighted by Crippen LogP contribution is -2.31. The summed E-state index contributed by atoms with van der Waals surface area (Å²) in [6.45, 7) is 0.771. The summed E-state index contributed by atoms with van der Waals surface area (Å²) in [6, 6.07) is 1.69. The Bertz CT molecular complexity index is 520. The Balaban J connectivity index is 1.61. The van der Waals surface area contributed by atoms with Crippen LogP contribution in [0.3, 0.4) is 0 Å². The quantitative estimate of drug-likeness (QED) is 0.897. The predicted molar refractivity (Wildman–Crippen MR) is 80.1 cm³/mol. The summed E-state index contributed by atoms with van der Waals surface area (Å²) < 4.78 is 0. The third-order valence-electron chi connectivity index (χ3n) is 4.77. The van der Waals surface area contributed by atoms with E-state index < -0.39 is 0 Å². The second-order valence-electron chi connectivity index (χ2n) is 5.94. The Morgan fingerprint density at radius 2 is 2.30 bits per heavy atom. The standard InChI is InChI=1S/C15H20ClN3O/c1-17-14-6-12(13(16)8-18-14)15(20)19-7-11-5-9-2-3-10(11)4-9/h6,8-11H,2-5,7H2,1H3,(H,17,18)(H,19,20). The second-order valence-corrected chi connectivity index (χ2v) is 6.35. The lowest BCUT2D eigenvalue weighted by Gasteiger charge is -2.22. The third kappa shape index (κ3) is 2.62. The molecule has 108 valence electrons. The van der Waals surface area contributed by atoms with E-state index in [2.05, 4.69) is 15.6 Å². The zero-order valence-corrected chi connectivity index (χ0v) is 12.4. The monoisotopic (exact) mass is 293 g/mol. The number of carbonyl (C=O) groups is 1. The lowest BCUT2D eigenvalue weighted by atomic mass is 9.89. The fourth-order valence-corrected chi connectivity index (χ4v) is 3.88. The molecule has 2 aliphatic carbocycles. The first-order valence-electron chi connectivity index (χ1n) is 7.29. The molecule has 20 heavy (non-hydrogen) atoms. The van der Waals surface area contributed by atoms with E-state index >= 15 is 0 Å². The molecular weight excluding hydrogens is 274 g/mol. The normalized spacial score (nSPS) is 27.6. The van der Waals surface area contributed by atoms with Gasteiger partial charge in [-0.3, -0.25) is 4.79 Å². The number of fused-ring (bicyclic) bond motifs is 2. The number of hydrogen-bond acceptors (Lipinski definition) is 3. The van der Waals surface area contributed by atoms with Gasteiger partial charge in [-0.2, -0.15) is 0 Å². The van der Waals surface area contributed by atoms with Crippen LogP contribution in [-0.2, 0) is 0 Å².